The van der Waals surface area contributed by atoms with E-state index in [9.17, 15) is 9.59 Å². The molecule has 3 N–H and O–H groups in total. The molecule has 0 spiro atoms. The molecule has 1 fully saturated rings. The molecule has 1 aromatic carbocycles. The molecule has 1 aromatic rings. The molecule has 0 bridgehead atoms. The Hall–Kier alpha value is -1.83. The molecule has 1 aliphatic rings. The Bertz CT molecular complexity index is 667. The highest BCUT2D eigenvalue weighted by molar-refractivity contribution is 6.30. The third-order valence-electron chi connectivity index (χ3n) is 4.79. The number of carbonyl (C=O) groups is 2. The minimum atomic E-state index is -0.252. The minimum absolute atomic E-state index is 0.0299. The van der Waals surface area contributed by atoms with Gasteiger partial charge in [-0.2, -0.15) is 0 Å². The van der Waals surface area contributed by atoms with E-state index < -0.39 is 0 Å². The van der Waals surface area contributed by atoms with Gasteiger partial charge in [-0.15, -0.1) is 0 Å². The summed E-state index contributed by atoms with van der Waals surface area (Å²) in [6.07, 6.45) is 0. The second-order valence-corrected chi connectivity index (χ2v) is 9.23. The third-order valence-corrected chi connectivity index (χ3v) is 5.04. The summed E-state index contributed by atoms with van der Waals surface area (Å²) in [5.74, 6) is 0.907. The monoisotopic (exact) mass is 426 g/mol. The van der Waals surface area contributed by atoms with Crippen molar-refractivity contribution in [2.45, 2.75) is 26.3 Å². The van der Waals surface area contributed by atoms with Crippen LogP contribution in [0.4, 0.5) is 0 Å². The highest BCUT2D eigenvalue weighted by Gasteiger charge is 2.26. The molecule has 1 heterocycles. The molecule has 0 aliphatic carbocycles. The fourth-order valence-electron chi connectivity index (χ4n) is 3.34. The molecule has 8 heteroatoms. The second kappa shape index (κ2) is 10.8. The van der Waals surface area contributed by atoms with E-state index in [-0.39, 0.29) is 17.4 Å². The number of benzene rings is 1. The predicted molar refractivity (Wildman–Crippen MR) is 114 cm³/mol. The van der Waals surface area contributed by atoms with Crippen LogP contribution in [0.25, 0.3) is 0 Å². The predicted octanol–water partition coefficient (Wildman–Crippen LogP) is -1.12. The maximum Gasteiger partial charge on any atom is 0.278 e. The molecule has 1 unspecified atom stereocenters. The number of nitrogens with one attached hydrogen (secondary N) is 3. The molecule has 1 aliphatic heterocycles. The van der Waals surface area contributed by atoms with Gasteiger partial charge in [0.1, 0.15) is 18.9 Å². The van der Waals surface area contributed by atoms with E-state index in [2.05, 4.69) is 5.32 Å². The molecular formula is C21H35ClN4O3+2. The fraction of sp³-hybridized carbons (Fsp3) is 0.619. The summed E-state index contributed by atoms with van der Waals surface area (Å²) in [6.45, 7) is 11.4. The van der Waals surface area contributed by atoms with E-state index in [1.165, 1.54) is 4.90 Å². The van der Waals surface area contributed by atoms with E-state index in [1.807, 2.05) is 57.0 Å². The summed E-state index contributed by atoms with van der Waals surface area (Å²) in [4.78, 5) is 28.8. The van der Waals surface area contributed by atoms with Crippen molar-refractivity contribution in [3.63, 3.8) is 0 Å². The van der Waals surface area contributed by atoms with Crippen LogP contribution < -0.4 is 19.9 Å². The number of halogens is 1. The van der Waals surface area contributed by atoms with Gasteiger partial charge in [0.15, 0.2) is 13.1 Å². The molecule has 0 radical (unpaired) electrons. The van der Waals surface area contributed by atoms with E-state index >= 15 is 0 Å². The zero-order valence-electron chi connectivity index (χ0n) is 18.0. The van der Waals surface area contributed by atoms with Crippen LogP contribution in [0.1, 0.15) is 20.8 Å². The van der Waals surface area contributed by atoms with Crippen LogP contribution in [0, 0.1) is 0 Å². The Morgan fingerprint density at radius 2 is 1.79 bits per heavy atom. The molecular weight excluding hydrogens is 392 g/mol. The first-order valence-electron chi connectivity index (χ1n) is 10.2. The van der Waals surface area contributed by atoms with Crippen molar-refractivity contribution in [1.29, 1.82) is 0 Å². The minimum Gasteiger partial charge on any atom is -0.488 e. The number of quaternary nitrogens is 2. The first-order chi connectivity index (χ1) is 13.6. The van der Waals surface area contributed by atoms with E-state index in [0.29, 0.717) is 24.7 Å². The summed E-state index contributed by atoms with van der Waals surface area (Å²) in [6, 6.07) is 7.38. The highest BCUT2D eigenvalue weighted by Crippen LogP contribution is 2.14. The van der Waals surface area contributed by atoms with E-state index in [1.54, 1.807) is 0 Å². The number of amides is 2. The Labute approximate surface area is 178 Å². The summed E-state index contributed by atoms with van der Waals surface area (Å²) >= 11 is 5.87. The Morgan fingerprint density at radius 1 is 1.17 bits per heavy atom. The number of hydrogen-bond acceptors (Lipinski definition) is 3. The van der Waals surface area contributed by atoms with Gasteiger partial charge in [0, 0.05) is 10.6 Å². The summed E-state index contributed by atoms with van der Waals surface area (Å²) in [7, 11) is 1.88. The van der Waals surface area contributed by atoms with Gasteiger partial charge in [0.2, 0.25) is 0 Å². The van der Waals surface area contributed by atoms with Crippen LogP contribution in [-0.4, -0.2) is 81.7 Å². The zero-order chi connectivity index (χ0) is 21.4. The lowest BCUT2D eigenvalue weighted by Crippen LogP contribution is -3.15. The van der Waals surface area contributed by atoms with E-state index in [4.69, 9.17) is 16.3 Å². The first-order valence-corrected chi connectivity index (χ1v) is 10.6. The molecule has 2 rings (SSSR count). The lowest BCUT2D eigenvalue weighted by atomic mass is 10.1. The number of likely N-dealkylation sites (N-methyl/N-ethyl adjacent to an activating group) is 1. The Kier molecular flexibility index (Phi) is 8.74. The van der Waals surface area contributed by atoms with Crippen molar-refractivity contribution < 1.29 is 24.1 Å². The quantitative estimate of drug-likeness (QED) is 0.493. The first kappa shape index (κ1) is 23.4. The SMILES string of the molecule is C[NH+](CC(=O)NC(C)(C)C)CC(=O)N1CC[NH+](CCOc2ccc(Cl)cc2)CC1. The van der Waals surface area contributed by atoms with Crippen molar-refractivity contribution in [3.8, 4) is 5.75 Å². The molecule has 7 nitrogen and oxygen atoms in total. The number of carbonyl (C=O) groups excluding carboxylic acids is 2. The second-order valence-electron chi connectivity index (χ2n) is 8.79. The van der Waals surface area contributed by atoms with Crippen molar-refractivity contribution in [2.24, 2.45) is 0 Å². The van der Waals surface area contributed by atoms with E-state index in [0.717, 1.165) is 43.4 Å². The maximum atomic E-state index is 12.5. The van der Waals surface area contributed by atoms with Crippen LogP contribution in [0.2, 0.25) is 5.02 Å². The van der Waals surface area contributed by atoms with Gasteiger partial charge in [0.05, 0.1) is 33.2 Å². The van der Waals surface area contributed by atoms with Gasteiger partial charge in [-0.25, -0.2) is 0 Å². The van der Waals surface area contributed by atoms with Gasteiger partial charge >= 0.3 is 0 Å². The molecule has 0 aromatic heterocycles. The Morgan fingerprint density at radius 3 is 2.38 bits per heavy atom. The maximum absolute atomic E-state index is 12.5. The van der Waals surface area contributed by atoms with Crippen LogP contribution in [0.3, 0.4) is 0 Å². The smallest absolute Gasteiger partial charge is 0.278 e. The molecule has 0 saturated carbocycles. The van der Waals surface area contributed by atoms with Crippen LogP contribution >= 0.6 is 11.6 Å². The number of ether oxygens (including phenoxy) is 1. The topological polar surface area (TPSA) is 67.5 Å². The summed E-state index contributed by atoms with van der Waals surface area (Å²) in [5, 5.41) is 3.64. The van der Waals surface area contributed by atoms with Crippen LogP contribution in [-0.2, 0) is 9.59 Å². The Balaban J connectivity index is 1.64. The lowest BCUT2D eigenvalue weighted by molar-refractivity contribution is -0.904. The fourth-order valence-corrected chi connectivity index (χ4v) is 3.46. The average Bonchev–Trinajstić information content (AvgIpc) is 2.62. The van der Waals surface area contributed by atoms with Crippen LogP contribution in [0.5, 0.6) is 5.75 Å². The molecule has 162 valence electrons. The van der Waals surface area contributed by atoms with Crippen molar-refractivity contribution >= 4 is 23.4 Å². The molecule has 29 heavy (non-hydrogen) atoms. The lowest BCUT2D eigenvalue weighted by Gasteiger charge is -2.32. The molecule has 2 amide bonds. The van der Waals surface area contributed by atoms with Gasteiger partial charge in [0.25, 0.3) is 11.8 Å². The summed E-state index contributed by atoms with van der Waals surface area (Å²) < 4.78 is 5.76. The highest BCUT2D eigenvalue weighted by atomic mass is 35.5. The standard InChI is InChI=1S/C21H33ClN4O3/c1-21(2,3)23-19(27)15-24(4)16-20(28)26-11-9-25(10-12-26)13-14-29-18-7-5-17(22)6-8-18/h5-8H,9-16H2,1-4H3,(H,23,27)/p+2. The largest absolute Gasteiger partial charge is 0.488 e. The summed E-state index contributed by atoms with van der Waals surface area (Å²) in [5.41, 5.74) is -0.252. The van der Waals surface area contributed by atoms with Crippen molar-refractivity contribution in [2.75, 3.05) is 59.5 Å². The van der Waals surface area contributed by atoms with Gasteiger partial charge in [-0.1, -0.05) is 11.6 Å². The third kappa shape index (κ3) is 9.02. The molecule has 1 saturated heterocycles. The number of rotatable bonds is 8. The van der Waals surface area contributed by atoms with Gasteiger partial charge in [-0.3, -0.25) is 9.59 Å². The zero-order valence-corrected chi connectivity index (χ0v) is 18.8. The normalized spacial score (nSPS) is 16.4. The van der Waals surface area contributed by atoms with Gasteiger partial charge in [-0.05, 0) is 45.0 Å². The molecule has 1 atom stereocenters. The van der Waals surface area contributed by atoms with Crippen molar-refractivity contribution in [3.05, 3.63) is 29.3 Å². The number of hydrogen-bond donors (Lipinski definition) is 3. The van der Waals surface area contributed by atoms with Crippen LogP contribution in [0.15, 0.2) is 24.3 Å². The number of piperazine rings is 1. The number of nitrogens with zero attached hydrogens (tertiary/aromatic N) is 1. The van der Waals surface area contributed by atoms with Gasteiger partial charge < -0.3 is 24.8 Å². The average molecular weight is 427 g/mol. The van der Waals surface area contributed by atoms with Crippen molar-refractivity contribution in [1.82, 2.24) is 10.2 Å².